The third-order valence-electron chi connectivity index (χ3n) is 4.20. The Morgan fingerprint density at radius 1 is 1.42 bits per heavy atom. The van der Waals surface area contributed by atoms with Crippen molar-refractivity contribution in [1.82, 2.24) is 0 Å². The summed E-state index contributed by atoms with van der Waals surface area (Å²) < 4.78 is 5.68. The predicted octanol–water partition coefficient (Wildman–Crippen LogP) is 2.12. The van der Waals surface area contributed by atoms with Gasteiger partial charge >= 0.3 is 0 Å². The van der Waals surface area contributed by atoms with Gasteiger partial charge in [0, 0.05) is 24.5 Å². The summed E-state index contributed by atoms with van der Waals surface area (Å²) in [5, 5.41) is 0. The molecule has 1 aromatic carbocycles. The molecule has 102 valence electrons. The fourth-order valence-electron chi connectivity index (χ4n) is 3.10. The van der Waals surface area contributed by atoms with Gasteiger partial charge in [0.05, 0.1) is 0 Å². The van der Waals surface area contributed by atoms with Gasteiger partial charge in [-0.3, -0.25) is 4.79 Å². The third-order valence-corrected chi connectivity index (χ3v) is 4.20. The molecular weight excluding hydrogens is 240 g/mol. The summed E-state index contributed by atoms with van der Waals surface area (Å²) in [5.41, 5.74) is 8.22. The van der Waals surface area contributed by atoms with Gasteiger partial charge < -0.3 is 15.4 Å². The van der Waals surface area contributed by atoms with Crippen LogP contribution in [-0.4, -0.2) is 24.7 Å². The van der Waals surface area contributed by atoms with Gasteiger partial charge in [-0.1, -0.05) is 6.07 Å². The highest BCUT2D eigenvalue weighted by molar-refractivity contribution is 6.01. The molecule has 1 atom stereocenters. The number of fused-ring (bicyclic) bond motifs is 1. The fraction of sp³-hybridized carbons (Fsp3) is 0.533. The Hall–Kier alpha value is -1.55. The zero-order valence-corrected chi connectivity index (χ0v) is 11.3. The first-order chi connectivity index (χ1) is 9.12. The van der Waals surface area contributed by atoms with Gasteiger partial charge in [0.1, 0.15) is 5.60 Å². The van der Waals surface area contributed by atoms with E-state index in [0.717, 1.165) is 49.2 Å². The number of hydrogen-bond donors (Lipinski definition) is 1. The first-order valence-electron chi connectivity index (χ1n) is 6.95. The number of nitrogen functional groups attached to an aromatic ring is 1. The van der Waals surface area contributed by atoms with Gasteiger partial charge in [-0.2, -0.15) is 0 Å². The lowest BCUT2D eigenvalue weighted by Gasteiger charge is -2.35. The lowest BCUT2D eigenvalue weighted by atomic mass is 9.95. The highest BCUT2D eigenvalue weighted by Crippen LogP contribution is 2.35. The maximum atomic E-state index is 12.8. The molecule has 1 amide bonds. The van der Waals surface area contributed by atoms with E-state index in [-0.39, 0.29) is 5.91 Å². The van der Waals surface area contributed by atoms with E-state index in [1.165, 1.54) is 0 Å². The van der Waals surface area contributed by atoms with Crippen LogP contribution in [0, 0.1) is 0 Å². The standard InChI is InChI=1S/C15H20N2O2/c1-15(8-4-10-19-15)14(18)17-9-3-5-11-12(16)6-2-7-13(11)17/h2,6-7H,3-5,8-10,16H2,1H3. The molecule has 2 aliphatic rings. The van der Waals surface area contributed by atoms with Crippen LogP contribution in [0.25, 0.3) is 0 Å². The van der Waals surface area contributed by atoms with Crippen molar-refractivity contribution in [2.75, 3.05) is 23.8 Å². The van der Waals surface area contributed by atoms with Crippen LogP contribution >= 0.6 is 0 Å². The maximum absolute atomic E-state index is 12.8. The van der Waals surface area contributed by atoms with E-state index in [1.807, 2.05) is 30.0 Å². The second kappa shape index (κ2) is 4.53. The van der Waals surface area contributed by atoms with Crippen LogP contribution < -0.4 is 10.6 Å². The average molecular weight is 260 g/mol. The van der Waals surface area contributed by atoms with Crippen LogP contribution in [0.3, 0.4) is 0 Å². The second-order valence-corrected chi connectivity index (χ2v) is 5.59. The van der Waals surface area contributed by atoms with Gasteiger partial charge in [0.25, 0.3) is 5.91 Å². The van der Waals surface area contributed by atoms with Crippen LogP contribution in [-0.2, 0) is 16.0 Å². The first kappa shape index (κ1) is 12.5. The third kappa shape index (κ3) is 2.00. The largest absolute Gasteiger partial charge is 0.398 e. The van der Waals surface area contributed by atoms with Crippen LogP contribution in [0.1, 0.15) is 31.7 Å². The number of ether oxygens (including phenoxy) is 1. The number of rotatable bonds is 1. The van der Waals surface area contributed by atoms with Crippen molar-refractivity contribution in [3.63, 3.8) is 0 Å². The summed E-state index contributed by atoms with van der Waals surface area (Å²) in [7, 11) is 0. The zero-order valence-electron chi connectivity index (χ0n) is 11.3. The van der Waals surface area contributed by atoms with Crippen LogP contribution in [0.2, 0.25) is 0 Å². The summed E-state index contributed by atoms with van der Waals surface area (Å²) in [6.07, 6.45) is 3.67. The Kier molecular flexibility index (Phi) is 2.97. The lowest BCUT2D eigenvalue weighted by Crippen LogP contribution is -2.48. The Labute approximate surface area is 113 Å². The van der Waals surface area contributed by atoms with Crippen molar-refractivity contribution >= 4 is 17.3 Å². The molecule has 0 bridgehead atoms. The van der Waals surface area contributed by atoms with Gasteiger partial charge in [0.2, 0.25) is 0 Å². The quantitative estimate of drug-likeness (QED) is 0.787. The molecule has 1 aromatic rings. The van der Waals surface area contributed by atoms with Crippen molar-refractivity contribution in [3.8, 4) is 0 Å². The Morgan fingerprint density at radius 3 is 3.00 bits per heavy atom. The molecule has 4 heteroatoms. The molecule has 1 unspecified atom stereocenters. The van der Waals surface area contributed by atoms with Crippen LogP contribution in [0.4, 0.5) is 11.4 Å². The normalized spacial score (nSPS) is 26.3. The van der Waals surface area contributed by atoms with E-state index >= 15 is 0 Å². The number of amides is 1. The predicted molar refractivity (Wildman–Crippen MR) is 75.1 cm³/mol. The Balaban J connectivity index is 1.95. The molecule has 4 nitrogen and oxygen atoms in total. The molecule has 1 fully saturated rings. The molecule has 2 N–H and O–H groups in total. The summed E-state index contributed by atoms with van der Waals surface area (Å²) in [4.78, 5) is 14.6. The molecule has 19 heavy (non-hydrogen) atoms. The summed E-state index contributed by atoms with van der Waals surface area (Å²) in [6.45, 7) is 3.34. The second-order valence-electron chi connectivity index (χ2n) is 5.59. The van der Waals surface area contributed by atoms with Crippen molar-refractivity contribution in [2.24, 2.45) is 0 Å². The molecule has 1 saturated heterocycles. The fourth-order valence-corrected chi connectivity index (χ4v) is 3.10. The number of anilines is 2. The first-order valence-corrected chi connectivity index (χ1v) is 6.95. The van der Waals surface area contributed by atoms with Crippen molar-refractivity contribution < 1.29 is 9.53 Å². The van der Waals surface area contributed by atoms with E-state index in [4.69, 9.17) is 10.5 Å². The Bertz CT molecular complexity index is 507. The van der Waals surface area contributed by atoms with Crippen molar-refractivity contribution in [1.29, 1.82) is 0 Å². The van der Waals surface area contributed by atoms with Gasteiger partial charge in [0.15, 0.2) is 0 Å². The summed E-state index contributed by atoms with van der Waals surface area (Å²) >= 11 is 0. The van der Waals surface area contributed by atoms with E-state index in [9.17, 15) is 4.79 Å². The van der Waals surface area contributed by atoms with Crippen molar-refractivity contribution in [2.45, 2.75) is 38.2 Å². The highest BCUT2D eigenvalue weighted by Gasteiger charge is 2.42. The SMILES string of the molecule is CC1(C(=O)N2CCCc3c(N)cccc32)CCCO1. The molecule has 2 heterocycles. The number of carbonyl (C=O) groups excluding carboxylic acids is 1. The summed E-state index contributed by atoms with van der Waals surface area (Å²) in [5.74, 6) is 0.0801. The van der Waals surface area contributed by atoms with E-state index < -0.39 is 5.60 Å². The molecule has 0 aliphatic carbocycles. The number of nitrogens with zero attached hydrogens (tertiary/aromatic N) is 1. The zero-order chi connectivity index (χ0) is 13.5. The average Bonchev–Trinajstić information content (AvgIpc) is 2.86. The van der Waals surface area contributed by atoms with Crippen molar-refractivity contribution in [3.05, 3.63) is 23.8 Å². The topological polar surface area (TPSA) is 55.6 Å². The van der Waals surface area contributed by atoms with Gasteiger partial charge in [-0.15, -0.1) is 0 Å². The minimum absolute atomic E-state index is 0.0801. The molecule has 3 rings (SSSR count). The van der Waals surface area contributed by atoms with Gasteiger partial charge in [-0.25, -0.2) is 0 Å². The monoisotopic (exact) mass is 260 g/mol. The maximum Gasteiger partial charge on any atom is 0.258 e. The van der Waals surface area contributed by atoms with Crippen LogP contribution in [0.5, 0.6) is 0 Å². The van der Waals surface area contributed by atoms with E-state index in [1.54, 1.807) is 0 Å². The van der Waals surface area contributed by atoms with Crippen LogP contribution in [0.15, 0.2) is 18.2 Å². The number of carbonyl (C=O) groups is 1. The number of hydrogen-bond acceptors (Lipinski definition) is 3. The molecule has 2 aliphatic heterocycles. The Morgan fingerprint density at radius 2 is 2.26 bits per heavy atom. The smallest absolute Gasteiger partial charge is 0.258 e. The minimum atomic E-state index is -0.654. The molecular formula is C15H20N2O2. The minimum Gasteiger partial charge on any atom is -0.398 e. The lowest BCUT2D eigenvalue weighted by molar-refractivity contribution is -0.136. The molecule has 0 radical (unpaired) electrons. The van der Waals surface area contributed by atoms with Gasteiger partial charge in [-0.05, 0) is 50.3 Å². The molecule has 0 aromatic heterocycles. The summed E-state index contributed by atoms with van der Waals surface area (Å²) in [6, 6.07) is 5.80. The highest BCUT2D eigenvalue weighted by atomic mass is 16.5. The number of benzene rings is 1. The van der Waals surface area contributed by atoms with E-state index in [0.29, 0.717) is 6.61 Å². The molecule has 0 spiro atoms. The number of nitrogens with two attached hydrogens (primary N) is 1. The van der Waals surface area contributed by atoms with E-state index in [2.05, 4.69) is 0 Å². The molecule has 0 saturated carbocycles.